The largest absolute Gasteiger partial charge is 0.493 e. The second-order valence-electron chi connectivity index (χ2n) is 5.22. The van der Waals surface area contributed by atoms with Gasteiger partial charge in [-0.1, -0.05) is 36.4 Å². The predicted molar refractivity (Wildman–Crippen MR) is 92.8 cm³/mol. The SMILES string of the molecule is COc1cccc(OCC(=O)NCCCc2ccccc2)c1OC. The minimum absolute atomic E-state index is 0.0607. The molecule has 24 heavy (non-hydrogen) atoms. The normalized spacial score (nSPS) is 10.1. The van der Waals surface area contributed by atoms with E-state index in [1.54, 1.807) is 25.3 Å². The lowest BCUT2D eigenvalue weighted by molar-refractivity contribution is -0.123. The van der Waals surface area contributed by atoms with E-state index >= 15 is 0 Å². The van der Waals surface area contributed by atoms with E-state index in [9.17, 15) is 4.79 Å². The molecule has 0 spiro atoms. The van der Waals surface area contributed by atoms with Crippen molar-refractivity contribution in [2.45, 2.75) is 12.8 Å². The van der Waals surface area contributed by atoms with E-state index in [4.69, 9.17) is 14.2 Å². The zero-order valence-corrected chi connectivity index (χ0v) is 14.1. The Labute approximate surface area is 142 Å². The number of carbonyl (C=O) groups is 1. The molecule has 0 aromatic heterocycles. The monoisotopic (exact) mass is 329 g/mol. The van der Waals surface area contributed by atoms with Gasteiger partial charge in [0.15, 0.2) is 18.1 Å². The van der Waals surface area contributed by atoms with Gasteiger partial charge in [0.05, 0.1) is 14.2 Å². The third-order valence-electron chi connectivity index (χ3n) is 3.53. The van der Waals surface area contributed by atoms with Crippen molar-refractivity contribution in [3.8, 4) is 17.2 Å². The summed E-state index contributed by atoms with van der Waals surface area (Å²) in [5, 5.41) is 2.85. The van der Waals surface area contributed by atoms with Gasteiger partial charge in [-0.15, -0.1) is 0 Å². The van der Waals surface area contributed by atoms with Crippen LogP contribution in [0, 0.1) is 0 Å². The molecule has 0 aliphatic carbocycles. The molecule has 0 aliphatic heterocycles. The highest BCUT2D eigenvalue weighted by atomic mass is 16.5. The number of amides is 1. The van der Waals surface area contributed by atoms with Crippen molar-refractivity contribution < 1.29 is 19.0 Å². The van der Waals surface area contributed by atoms with E-state index < -0.39 is 0 Å². The molecule has 1 amide bonds. The zero-order valence-electron chi connectivity index (χ0n) is 14.1. The van der Waals surface area contributed by atoms with E-state index in [-0.39, 0.29) is 12.5 Å². The molecule has 0 atom stereocenters. The van der Waals surface area contributed by atoms with E-state index in [0.717, 1.165) is 12.8 Å². The number of carbonyl (C=O) groups excluding carboxylic acids is 1. The standard InChI is InChI=1S/C19H23NO4/c1-22-16-11-6-12-17(19(16)23-2)24-14-18(21)20-13-7-10-15-8-4-3-5-9-15/h3-6,8-9,11-12H,7,10,13-14H2,1-2H3,(H,20,21). The Hall–Kier alpha value is -2.69. The lowest BCUT2D eigenvalue weighted by Gasteiger charge is -2.13. The summed E-state index contributed by atoms with van der Waals surface area (Å²) in [6, 6.07) is 15.5. The van der Waals surface area contributed by atoms with Gasteiger partial charge in [-0.05, 0) is 30.5 Å². The molecule has 0 saturated heterocycles. The van der Waals surface area contributed by atoms with Crippen LogP contribution in [0.25, 0.3) is 0 Å². The molecule has 0 heterocycles. The fourth-order valence-corrected chi connectivity index (χ4v) is 2.33. The highest BCUT2D eigenvalue weighted by Crippen LogP contribution is 2.36. The smallest absolute Gasteiger partial charge is 0.257 e. The molecule has 0 unspecified atom stereocenters. The molecule has 2 aromatic carbocycles. The Morgan fingerprint density at radius 3 is 2.42 bits per heavy atom. The van der Waals surface area contributed by atoms with Gasteiger partial charge < -0.3 is 19.5 Å². The average molecular weight is 329 g/mol. The summed E-state index contributed by atoms with van der Waals surface area (Å²) in [7, 11) is 3.09. The molecule has 0 aliphatic rings. The van der Waals surface area contributed by atoms with Crippen LogP contribution in [-0.4, -0.2) is 33.3 Å². The number of benzene rings is 2. The number of aryl methyl sites for hydroxylation is 1. The molecule has 2 rings (SSSR count). The molecule has 5 heteroatoms. The Kier molecular flexibility index (Phi) is 6.95. The number of methoxy groups -OCH3 is 2. The van der Waals surface area contributed by atoms with Gasteiger partial charge in [0.1, 0.15) is 0 Å². The maximum atomic E-state index is 11.9. The van der Waals surface area contributed by atoms with Crippen LogP contribution in [-0.2, 0) is 11.2 Å². The number of hydrogen-bond donors (Lipinski definition) is 1. The van der Waals surface area contributed by atoms with Crippen molar-refractivity contribution in [3.63, 3.8) is 0 Å². The number of ether oxygens (including phenoxy) is 3. The topological polar surface area (TPSA) is 56.8 Å². The van der Waals surface area contributed by atoms with Gasteiger partial charge in [-0.25, -0.2) is 0 Å². The molecule has 2 aromatic rings. The Morgan fingerprint density at radius 1 is 0.958 bits per heavy atom. The second-order valence-corrected chi connectivity index (χ2v) is 5.22. The quantitative estimate of drug-likeness (QED) is 0.719. The summed E-state index contributed by atoms with van der Waals surface area (Å²) in [6.45, 7) is 0.557. The van der Waals surface area contributed by atoms with Crippen LogP contribution in [0.1, 0.15) is 12.0 Å². The lowest BCUT2D eigenvalue weighted by Crippen LogP contribution is -2.30. The molecular formula is C19H23NO4. The van der Waals surface area contributed by atoms with Gasteiger partial charge in [0, 0.05) is 6.54 Å². The van der Waals surface area contributed by atoms with Crippen molar-refractivity contribution in [3.05, 3.63) is 54.1 Å². The molecule has 0 saturated carbocycles. The molecular weight excluding hydrogens is 306 g/mol. The average Bonchev–Trinajstić information content (AvgIpc) is 2.63. The summed E-state index contributed by atoms with van der Waals surface area (Å²) in [5.74, 6) is 1.37. The zero-order chi connectivity index (χ0) is 17.2. The predicted octanol–water partition coefficient (Wildman–Crippen LogP) is 2.83. The van der Waals surface area contributed by atoms with Crippen LogP contribution < -0.4 is 19.5 Å². The highest BCUT2D eigenvalue weighted by molar-refractivity contribution is 5.77. The first-order chi connectivity index (χ1) is 11.7. The molecule has 128 valence electrons. The summed E-state index contributed by atoms with van der Waals surface area (Å²) in [6.07, 6.45) is 1.82. The Bertz CT molecular complexity index is 643. The molecule has 0 fully saturated rings. The summed E-state index contributed by atoms with van der Waals surface area (Å²) < 4.78 is 16.0. The van der Waals surface area contributed by atoms with Crippen molar-refractivity contribution in [2.75, 3.05) is 27.4 Å². The number of hydrogen-bond acceptors (Lipinski definition) is 4. The van der Waals surface area contributed by atoms with E-state index in [0.29, 0.717) is 23.8 Å². The highest BCUT2D eigenvalue weighted by Gasteiger charge is 2.12. The number of nitrogens with one attached hydrogen (secondary N) is 1. The maximum absolute atomic E-state index is 11.9. The fourth-order valence-electron chi connectivity index (χ4n) is 2.33. The lowest BCUT2D eigenvalue weighted by atomic mass is 10.1. The van der Waals surface area contributed by atoms with Crippen LogP contribution >= 0.6 is 0 Å². The first-order valence-corrected chi connectivity index (χ1v) is 7.89. The van der Waals surface area contributed by atoms with Gasteiger partial charge in [-0.2, -0.15) is 0 Å². The molecule has 0 radical (unpaired) electrons. The Morgan fingerprint density at radius 2 is 1.71 bits per heavy atom. The minimum atomic E-state index is -0.159. The Balaban J connectivity index is 1.73. The van der Waals surface area contributed by atoms with Crippen molar-refractivity contribution >= 4 is 5.91 Å². The molecule has 0 bridgehead atoms. The van der Waals surface area contributed by atoms with Crippen LogP contribution in [0.4, 0.5) is 0 Å². The first-order valence-electron chi connectivity index (χ1n) is 7.89. The fraction of sp³-hybridized carbons (Fsp3) is 0.316. The minimum Gasteiger partial charge on any atom is -0.493 e. The van der Waals surface area contributed by atoms with E-state index in [2.05, 4.69) is 17.4 Å². The second kappa shape index (κ2) is 9.45. The van der Waals surface area contributed by atoms with Crippen LogP contribution in [0.2, 0.25) is 0 Å². The number of para-hydroxylation sites is 1. The third-order valence-corrected chi connectivity index (χ3v) is 3.53. The van der Waals surface area contributed by atoms with E-state index in [1.165, 1.54) is 12.7 Å². The number of rotatable bonds is 9. The van der Waals surface area contributed by atoms with Gasteiger partial charge in [0.2, 0.25) is 5.75 Å². The van der Waals surface area contributed by atoms with Crippen molar-refractivity contribution in [2.24, 2.45) is 0 Å². The van der Waals surface area contributed by atoms with Crippen LogP contribution in [0.15, 0.2) is 48.5 Å². The molecule has 1 N–H and O–H groups in total. The third kappa shape index (κ3) is 5.19. The van der Waals surface area contributed by atoms with Crippen LogP contribution in [0.5, 0.6) is 17.2 Å². The van der Waals surface area contributed by atoms with Crippen molar-refractivity contribution in [1.29, 1.82) is 0 Å². The van der Waals surface area contributed by atoms with Crippen LogP contribution in [0.3, 0.4) is 0 Å². The van der Waals surface area contributed by atoms with Gasteiger partial charge in [-0.3, -0.25) is 4.79 Å². The maximum Gasteiger partial charge on any atom is 0.257 e. The van der Waals surface area contributed by atoms with E-state index in [1.807, 2.05) is 18.2 Å². The summed E-state index contributed by atoms with van der Waals surface area (Å²) in [4.78, 5) is 11.9. The molecule has 5 nitrogen and oxygen atoms in total. The summed E-state index contributed by atoms with van der Waals surface area (Å²) in [5.41, 5.74) is 1.27. The summed E-state index contributed by atoms with van der Waals surface area (Å²) >= 11 is 0. The van der Waals surface area contributed by atoms with Gasteiger partial charge >= 0.3 is 0 Å². The van der Waals surface area contributed by atoms with Crippen molar-refractivity contribution in [1.82, 2.24) is 5.32 Å². The first kappa shape index (κ1) is 17.7. The van der Waals surface area contributed by atoms with Gasteiger partial charge in [0.25, 0.3) is 5.91 Å².